The van der Waals surface area contributed by atoms with Crippen molar-refractivity contribution in [3.8, 4) is 0 Å². The number of hydrogen-bond donors (Lipinski definition) is 2. The van der Waals surface area contributed by atoms with Crippen LogP contribution in [0.25, 0.3) is 11.0 Å². The first-order chi connectivity index (χ1) is 15.4. The molecule has 1 unspecified atom stereocenters. The molecule has 1 amide bonds. The van der Waals surface area contributed by atoms with Gasteiger partial charge in [-0.15, -0.1) is 0 Å². The molecule has 1 aromatic heterocycles. The number of fused-ring (bicyclic) bond motifs is 2. The molecule has 1 atom stereocenters. The lowest BCUT2D eigenvalue weighted by Crippen LogP contribution is -2.27. The van der Waals surface area contributed by atoms with Crippen molar-refractivity contribution in [2.24, 2.45) is 12.0 Å². The maximum absolute atomic E-state index is 13.1. The summed E-state index contributed by atoms with van der Waals surface area (Å²) in [5.41, 5.74) is 4.83. The van der Waals surface area contributed by atoms with E-state index >= 15 is 0 Å². The summed E-state index contributed by atoms with van der Waals surface area (Å²) in [6.45, 7) is 0. The predicted molar refractivity (Wildman–Crippen MR) is 128 cm³/mol. The Bertz CT molecular complexity index is 1470. The Hall–Kier alpha value is -3.35. The molecule has 0 aliphatic carbocycles. The Morgan fingerprint density at radius 1 is 1.03 bits per heavy atom. The fourth-order valence-corrected chi connectivity index (χ4v) is 4.33. The van der Waals surface area contributed by atoms with Crippen LogP contribution in [0.5, 0.6) is 0 Å². The van der Waals surface area contributed by atoms with Crippen LogP contribution in [0.2, 0.25) is 10.0 Å². The van der Waals surface area contributed by atoms with Crippen molar-refractivity contribution in [1.29, 1.82) is 0 Å². The summed E-state index contributed by atoms with van der Waals surface area (Å²) in [6, 6.07) is 17.6. The maximum Gasteiger partial charge on any atom is 0.326 e. The van der Waals surface area contributed by atoms with Gasteiger partial charge in [0, 0.05) is 34.6 Å². The number of aliphatic imine (C=N–C) groups is 1. The minimum Gasteiger partial charge on any atom is -0.324 e. The molecule has 0 fully saturated rings. The smallest absolute Gasteiger partial charge is 0.324 e. The second-order valence-electron chi connectivity index (χ2n) is 7.69. The maximum atomic E-state index is 13.1. The third-order valence-corrected chi connectivity index (χ3v) is 6.23. The summed E-state index contributed by atoms with van der Waals surface area (Å²) < 4.78 is 1.55. The van der Waals surface area contributed by atoms with E-state index in [4.69, 9.17) is 28.2 Å². The van der Waals surface area contributed by atoms with Gasteiger partial charge in [0.25, 0.3) is 0 Å². The van der Waals surface area contributed by atoms with Crippen LogP contribution in [0.15, 0.2) is 70.5 Å². The van der Waals surface area contributed by atoms with Crippen LogP contribution < -0.4 is 11.0 Å². The first kappa shape index (κ1) is 20.5. The number of amides is 1. The van der Waals surface area contributed by atoms with Gasteiger partial charge in [0.15, 0.2) is 0 Å². The van der Waals surface area contributed by atoms with Gasteiger partial charge in [-0.3, -0.25) is 14.4 Å². The van der Waals surface area contributed by atoms with E-state index < -0.39 is 6.04 Å². The molecule has 3 aromatic carbocycles. The third-order valence-electron chi connectivity index (χ3n) is 5.63. The molecule has 32 heavy (non-hydrogen) atoms. The van der Waals surface area contributed by atoms with Crippen molar-refractivity contribution in [2.45, 2.75) is 12.5 Å². The highest BCUT2D eigenvalue weighted by atomic mass is 35.5. The summed E-state index contributed by atoms with van der Waals surface area (Å²) in [5.74, 6) is -0.224. The van der Waals surface area contributed by atoms with Crippen molar-refractivity contribution in [3.05, 3.63) is 97.9 Å². The van der Waals surface area contributed by atoms with E-state index in [0.29, 0.717) is 38.9 Å². The van der Waals surface area contributed by atoms with Crippen molar-refractivity contribution in [1.82, 2.24) is 9.55 Å². The number of nitrogens with one attached hydrogen (secondary N) is 2. The standard InChI is InChI=1S/C24H18Cl2N4O2/c1-30-21-9-6-14(11-19(21)29-24(30)32)22-16-12-15(25)7-8-18(16)28-23(31)20(27-22)10-13-4-2-3-5-17(13)26/h2-9,11-12,20H,10H2,1H3,(H,28,31)(H,29,32). The molecule has 160 valence electrons. The van der Waals surface area contributed by atoms with Crippen LogP contribution in [-0.4, -0.2) is 27.2 Å². The summed E-state index contributed by atoms with van der Waals surface area (Å²) in [6.07, 6.45) is 0.348. The van der Waals surface area contributed by atoms with Crippen molar-refractivity contribution < 1.29 is 4.79 Å². The van der Waals surface area contributed by atoms with E-state index in [1.54, 1.807) is 35.9 Å². The lowest BCUT2D eigenvalue weighted by atomic mass is 9.99. The molecule has 4 aromatic rings. The minimum absolute atomic E-state index is 0.197. The number of carbonyl (C=O) groups is 1. The third kappa shape index (κ3) is 3.61. The number of aryl methyl sites for hydroxylation is 1. The number of benzene rings is 3. The second-order valence-corrected chi connectivity index (χ2v) is 8.53. The molecule has 1 aliphatic heterocycles. The lowest BCUT2D eigenvalue weighted by molar-refractivity contribution is -0.117. The summed E-state index contributed by atoms with van der Waals surface area (Å²) >= 11 is 12.6. The summed E-state index contributed by atoms with van der Waals surface area (Å²) in [5, 5.41) is 4.09. The molecule has 0 radical (unpaired) electrons. The van der Waals surface area contributed by atoms with E-state index in [1.165, 1.54) is 0 Å². The lowest BCUT2D eigenvalue weighted by Gasteiger charge is -2.12. The van der Waals surface area contributed by atoms with E-state index in [0.717, 1.165) is 16.6 Å². The average Bonchev–Trinajstić information content (AvgIpc) is 2.98. The number of hydrogen-bond acceptors (Lipinski definition) is 3. The van der Waals surface area contributed by atoms with Gasteiger partial charge in [-0.2, -0.15) is 0 Å². The Labute approximate surface area is 193 Å². The Kier molecular flexibility index (Phi) is 5.12. The minimum atomic E-state index is -0.693. The largest absolute Gasteiger partial charge is 0.326 e. The number of nitrogens with zero attached hydrogens (tertiary/aromatic N) is 2. The van der Waals surface area contributed by atoms with Gasteiger partial charge in [0.2, 0.25) is 5.91 Å². The fourth-order valence-electron chi connectivity index (χ4n) is 3.95. The molecule has 2 N–H and O–H groups in total. The van der Waals surface area contributed by atoms with Crippen molar-refractivity contribution in [2.75, 3.05) is 5.32 Å². The number of halogens is 2. The van der Waals surface area contributed by atoms with Gasteiger partial charge in [0.05, 0.1) is 22.4 Å². The normalized spacial score (nSPS) is 15.8. The van der Waals surface area contributed by atoms with Gasteiger partial charge in [-0.25, -0.2) is 4.79 Å². The topological polar surface area (TPSA) is 79.2 Å². The first-order valence-corrected chi connectivity index (χ1v) is 10.8. The highest BCUT2D eigenvalue weighted by Gasteiger charge is 2.27. The number of imidazole rings is 1. The molecule has 0 bridgehead atoms. The second kappa shape index (κ2) is 7.97. The van der Waals surface area contributed by atoms with Crippen LogP contribution in [0.3, 0.4) is 0 Å². The van der Waals surface area contributed by atoms with Crippen LogP contribution in [-0.2, 0) is 18.3 Å². The van der Waals surface area contributed by atoms with Crippen LogP contribution in [0.1, 0.15) is 16.7 Å². The van der Waals surface area contributed by atoms with E-state index in [1.807, 2.05) is 36.4 Å². The molecule has 0 spiro atoms. The molecule has 0 saturated carbocycles. The molecular formula is C24H18Cl2N4O2. The zero-order chi connectivity index (χ0) is 22.4. The SMILES string of the molecule is Cn1c(=O)[nH]c2cc(C3=NC(Cc4ccccc4Cl)C(=O)Nc4ccc(Cl)cc43)ccc21. The Morgan fingerprint density at radius 3 is 2.66 bits per heavy atom. The fraction of sp³-hybridized carbons (Fsp3) is 0.125. The molecular weight excluding hydrogens is 447 g/mol. The molecule has 8 heteroatoms. The number of aromatic nitrogens is 2. The van der Waals surface area contributed by atoms with E-state index in [2.05, 4.69) is 10.3 Å². The van der Waals surface area contributed by atoms with Gasteiger partial charge in [0.1, 0.15) is 6.04 Å². The monoisotopic (exact) mass is 464 g/mol. The molecule has 5 rings (SSSR count). The highest BCUT2D eigenvalue weighted by molar-refractivity contribution is 6.32. The number of benzodiazepines with no additional fused rings is 1. The van der Waals surface area contributed by atoms with Gasteiger partial charge >= 0.3 is 5.69 Å². The van der Waals surface area contributed by atoms with Gasteiger partial charge in [-0.05, 0) is 42.0 Å². The number of rotatable bonds is 3. The average molecular weight is 465 g/mol. The summed E-state index contributed by atoms with van der Waals surface area (Å²) in [7, 11) is 1.71. The Balaban J connectivity index is 1.68. The van der Waals surface area contributed by atoms with Crippen molar-refractivity contribution in [3.63, 3.8) is 0 Å². The highest BCUT2D eigenvalue weighted by Crippen LogP contribution is 2.29. The van der Waals surface area contributed by atoms with Gasteiger partial charge in [-0.1, -0.05) is 47.5 Å². The van der Waals surface area contributed by atoms with Crippen LogP contribution in [0, 0.1) is 0 Å². The number of H-pyrrole nitrogens is 1. The number of carbonyl (C=O) groups excluding carboxylic acids is 1. The van der Waals surface area contributed by atoms with Crippen molar-refractivity contribution >= 4 is 51.5 Å². The molecule has 6 nitrogen and oxygen atoms in total. The van der Waals surface area contributed by atoms with Crippen LogP contribution >= 0.6 is 23.2 Å². The quantitative estimate of drug-likeness (QED) is 0.465. The molecule has 1 aliphatic rings. The first-order valence-electron chi connectivity index (χ1n) is 10.0. The summed E-state index contributed by atoms with van der Waals surface area (Å²) in [4.78, 5) is 32.8. The van der Waals surface area contributed by atoms with Crippen LogP contribution in [0.4, 0.5) is 5.69 Å². The Morgan fingerprint density at radius 2 is 1.84 bits per heavy atom. The van der Waals surface area contributed by atoms with E-state index in [-0.39, 0.29) is 11.6 Å². The zero-order valence-electron chi connectivity index (χ0n) is 17.0. The van der Waals surface area contributed by atoms with Gasteiger partial charge < -0.3 is 10.3 Å². The number of aromatic amines is 1. The zero-order valence-corrected chi connectivity index (χ0v) is 18.5. The van der Waals surface area contributed by atoms with E-state index in [9.17, 15) is 9.59 Å². The number of anilines is 1. The molecule has 0 saturated heterocycles. The molecule has 2 heterocycles. The predicted octanol–water partition coefficient (Wildman–Crippen LogP) is 4.57.